The summed E-state index contributed by atoms with van der Waals surface area (Å²) < 4.78 is 50.2. The van der Waals surface area contributed by atoms with Crippen LogP contribution in [-0.4, -0.2) is 4.98 Å². The molecule has 1 heterocycles. The fraction of sp³-hybridized carbons (Fsp3) is 0.125. The third-order valence-corrected chi connectivity index (χ3v) is 3.31. The molecule has 0 radical (unpaired) electrons. The lowest BCUT2D eigenvalue weighted by Crippen LogP contribution is -2.03. The van der Waals surface area contributed by atoms with Crippen LogP contribution in [0.5, 0.6) is 0 Å². The van der Waals surface area contributed by atoms with E-state index in [2.05, 4.69) is 20.9 Å². The van der Waals surface area contributed by atoms with E-state index in [1.54, 1.807) is 0 Å². The van der Waals surface area contributed by atoms with Crippen LogP contribution < -0.4 is 0 Å². The van der Waals surface area contributed by atoms with Gasteiger partial charge >= 0.3 is 6.18 Å². The number of nitrogens with zero attached hydrogens (tertiary/aromatic N) is 1. The number of hydrogen-bond donors (Lipinski definition) is 0. The van der Waals surface area contributed by atoms with E-state index in [9.17, 15) is 17.6 Å². The van der Waals surface area contributed by atoms with Crippen molar-refractivity contribution < 1.29 is 17.6 Å². The van der Waals surface area contributed by atoms with E-state index < -0.39 is 17.0 Å². The lowest BCUT2D eigenvalue weighted by molar-refractivity contribution is -0.137. The summed E-state index contributed by atoms with van der Waals surface area (Å²) in [5.41, 5.74) is 0.133. The third-order valence-electron chi connectivity index (χ3n) is 1.66. The molecular weight excluding hydrogens is 298 g/mol. The van der Waals surface area contributed by atoms with Gasteiger partial charge < -0.3 is 0 Å². The molecule has 15 heavy (non-hydrogen) atoms. The van der Waals surface area contributed by atoms with Crippen LogP contribution in [0, 0.1) is 5.82 Å². The first kappa shape index (κ1) is 10.8. The maximum atomic E-state index is 12.9. The van der Waals surface area contributed by atoms with Gasteiger partial charge in [-0.3, -0.25) is 0 Å². The minimum absolute atomic E-state index is 0.133. The van der Waals surface area contributed by atoms with E-state index in [0.717, 1.165) is 12.1 Å². The molecule has 80 valence electrons. The van der Waals surface area contributed by atoms with Gasteiger partial charge in [0.05, 0.1) is 10.2 Å². The second-order valence-corrected chi connectivity index (χ2v) is 4.64. The maximum Gasteiger partial charge on any atom is 0.443 e. The lowest BCUT2D eigenvalue weighted by Gasteiger charge is -1.98. The standard InChI is InChI=1S/C8H2BrF4NS/c9-4-1-3(10)2-5-6(4)14-7(15-5)8(11,12)13/h1-2H. The summed E-state index contributed by atoms with van der Waals surface area (Å²) in [5.74, 6) is -0.591. The van der Waals surface area contributed by atoms with Crippen molar-refractivity contribution in [3.05, 3.63) is 27.4 Å². The van der Waals surface area contributed by atoms with Gasteiger partial charge in [0.2, 0.25) is 0 Å². The molecule has 1 aromatic carbocycles. The Morgan fingerprint density at radius 3 is 2.53 bits per heavy atom. The van der Waals surface area contributed by atoms with Gasteiger partial charge in [0, 0.05) is 4.47 Å². The van der Waals surface area contributed by atoms with Crippen molar-refractivity contribution in [1.82, 2.24) is 4.98 Å². The Bertz CT molecular complexity index is 519. The summed E-state index contributed by atoms with van der Waals surface area (Å²) >= 11 is 3.39. The van der Waals surface area contributed by atoms with Crippen molar-refractivity contribution in [3.63, 3.8) is 0 Å². The van der Waals surface area contributed by atoms with Crippen LogP contribution in [0.3, 0.4) is 0 Å². The van der Waals surface area contributed by atoms with Gasteiger partial charge in [-0.1, -0.05) is 0 Å². The summed E-state index contributed by atoms with van der Waals surface area (Å²) in [7, 11) is 0. The average molecular weight is 300 g/mol. The quantitative estimate of drug-likeness (QED) is 0.664. The number of alkyl halides is 3. The van der Waals surface area contributed by atoms with Crippen LogP contribution in [0.25, 0.3) is 10.2 Å². The van der Waals surface area contributed by atoms with Crippen molar-refractivity contribution in [2.45, 2.75) is 6.18 Å². The molecule has 0 unspecified atom stereocenters. The molecule has 0 N–H and O–H groups in total. The molecule has 1 nitrogen and oxygen atoms in total. The number of aromatic nitrogens is 1. The summed E-state index contributed by atoms with van der Waals surface area (Å²) in [6.45, 7) is 0. The Morgan fingerprint density at radius 2 is 1.93 bits per heavy atom. The highest BCUT2D eigenvalue weighted by molar-refractivity contribution is 9.10. The van der Waals surface area contributed by atoms with Crippen LogP contribution in [0.2, 0.25) is 0 Å². The highest BCUT2D eigenvalue weighted by Gasteiger charge is 2.35. The van der Waals surface area contributed by atoms with Gasteiger partial charge in [0.15, 0.2) is 5.01 Å². The zero-order valence-corrected chi connectivity index (χ0v) is 9.30. The van der Waals surface area contributed by atoms with Crippen molar-refractivity contribution in [2.75, 3.05) is 0 Å². The fourth-order valence-corrected chi connectivity index (χ4v) is 2.62. The molecule has 7 heteroatoms. The minimum Gasteiger partial charge on any atom is -0.231 e. The van der Waals surface area contributed by atoms with Gasteiger partial charge in [0.1, 0.15) is 5.82 Å². The fourth-order valence-electron chi connectivity index (χ4n) is 1.08. The molecule has 1 aromatic heterocycles. The molecule has 2 aromatic rings. The monoisotopic (exact) mass is 299 g/mol. The first-order chi connectivity index (χ1) is 6.88. The van der Waals surface area contributed by atoms with E-state index in [0.29, 0.717) is 11.3 Å². The molecule has 0 saturated carbocycles. The van der Waals surface area contributed by atoms with E-state index >= 15 is 0 Å². The van der Waals surface area contributed by atoms with Crippen LogP contribution in [0.1, 0.15) is 5.01 Å². The summed E-state index contributed by atoms with van der Waals surface area (Å²) in [6, 6.07) is 2.12. The number of hydrogen-bond acceptors (Lipinski definition) is 2. The minimum atomic E-state index is -4.49. The third kappa shape index (κ3) is 1.98. The number of fused-ring (bicyclic) bond motifs is 1. The van der Waals surface area contributed by atoms with E-state index in [4.69, 9.17) is 0 Å². The molecule has 0 amide bonds. The summed E-state index contributed by atoms with van der Waals surface area (Å²) in [5, 5.41) is -0.969. The molecule has 2 rings (SSSR count). The zero-order valence-electron chi connectivity index (χ0n) is 6.90. The Labute approximate surface area is 93.9 Å². The van der Waals surface area contributed by atoms with Gasteiger partial charge in [-0.2, -0.15) is 13.2 Å². The Hall–Kier alpha value is -0.690. The first-order valence-corrected chi connectivity index (χ1v) is 5.31. The van der Waals surface area contributed by atoms with Crippen LogP contribution in [0.15, 0.2) is 16.6 Å². The molecule has 0 atom stereocenters. The number of thiazole rings is 1. The summed E-state index contributed by atoms with van der Waals surface area (Å²) in [4.78, 5) is 3.40. The molecule has 0 aliphatic carbocycles. The molecule has 0 bridgehead atoms. The molecule has 0 aliphatic heterocycles. The summed E-state index contributed by atoms with van der Waals surface area (Å²) in [6.07, 6.45) is -4.49. The van der Waals surface area contributed by atoms with Crippen LogP contribution in [0.4, 0.5) is 17.6 Å². The van der Waals surface area contributed by atoms with Gasteiger partial charge in [-0.25, -0.2) is 9.37 Å². The maximum absolute atomic E-state index is 12.9. The molecular formula is C8H2BrF4NS. The van der Waals surface area contributed by atoms with Gasteiger partial charge in [-0.15, -0.1) is 11.3 Å². The van der Waals surface area contributed by atoms with Crippen LogP contribution in [-0.2, 0) is 6.18 Å². The highest BCUT2D eigenvalue weighted by atomic mass is 79.9. The SMILES string of the molecule is Fc1cc(Br)c2nc(C(F)(F)F)sc2c1. The second kappa shape index (κ2) is 3.41. The topological polar surface area (TPSA) is 12.9 Å². The Kier molecular flexibility index (Phi) is 2.46. The second-order valence-electron chi connectivity index (χ2n) is 2.75. The van der Waals surface area contributed by atoms with Gasteiger partial charge in [-0.05, 0) is 28.1 Å². The number of rotatable bonds is 0. The predicted octanol–water partition coefficient (Wildman–Crippen LogP) is 4.22. The molecule has 0 spiro atoms. The number of benzene rings is 1. The Balaban J connectivity index is 2.71. The van der Waals surface area contributed by atoms with Crippen molar-refractivity contribution in [2.24, 2.45) is 0 Å². The van der Waals surface area contributed by atoms with Gasteiger partial charge in [0.25, 0.3) is 0 Å². The van der Waals surface area contributed by atoms with E-state index in [-0.39, 0.29) is 14.7 Å². The molecule has 0 fully saturated rings. The van der Waals surface area contributed by atoms with Crippen molar-refractivity contribution in [1.29, 1.82) is 0 Å². The van der Waals surface area contributed by atoms with Crippen LogP contribution >= 0.6 is 27.3 Å². The Morgan fingerprint density at radius 1 is 1.27 bits per heavy atom. The molecule has 0 aliphatic rings. The lowest BCUT2D eigenvalue weighted by atomic mass is 10.3. The predicted molar refractivity (Wildman–Crippen MR) is 52.3 cm³/mol. The average Bonchev–Trinajstić information content (AvgIpc) is 2.46. The highest BCUT2D eigenvalue weighted by Crippen LogP contribution is 2.37. The van der Waals surface area contributed by atoms with Crippen molar-refractivity contribution in [3.8, 4) is 0 Å². The first-order valence-electron chi connectivity index (χ1n) is 3.71. The normalized spacial score (nSPS) is 12.3. The van der Waals surface area contributed by atoms with Crippen molar-refractivity contribution >= 4 is 37.5 Å². The zero-order chi connectivity index (χ0) is 11.2. The largest absolute Gasteiger partial charge is 0.443 e. The number of halogens is 5. The van der Waals surface area contributed by atoms with E-state index in [1.165, 1.54) is 0 Å². The molecule has 0 saturated heterocycles. The van der Waals surface area contributed by atoms with E-state index in [1.807, 2.05) is 0 Å². The smallest absolute Gasteiger partial charge is 0.231 e.